The molecule has 2 aromatic rings. The maximum Gasteiger partial charge on any atom is 0.264 e. The van der Waals surface area contributed by atoms with E-state index >= 15 is 0 Å². The topological polar surface area (TPSA) is 85.1 Å². The summed E-state index contributed by atoms with van der Waals surface area (Å²) in [4.78, 5) is 3.48. The minimum atomic E-state index is -4.04. The summed E-state index contributed by atoms with van der Waals surface area (Å²) < 4.78 is 40.3. The highest BCUT2D eigenvalue weighted by Gasteiger charge is 2.20. The van der Waals surface area contributed by atoms with E-state index in [0.717, 1.165) is 17.8 Å². The standard InChI is InChI=1S/C13H14FN3O2S/c1-8-5-11(14)13(6-12(8)15)20(18,19)17-10-4-3-9(2)16-7-10/h3-7,17H,15H2,1-2H3. The Bertz CT molecular complexity index is 743. The van der Waals surface area contributed by atoms with Crippen LogP contribution in [0.15, 0.2) is 35.4 Å². The van der Waals surface area contributed by atoms with E-state index in [1.54, 1.807) is 26.0 Å². The average molecular weight is 295 g/mol. The summed E-state index contributed by atoms with van der Waals surface area (Å²) in [5.41, 5.74) is 7.34. The predicted molar refractivity (Wildman–Crippen MR) is 75.3 cm³/mol. The van der Waals surface area contributed by atoms with Crippen molar-refractivity contribution in [3.8, 4) is 0 Å². The normalized spacial score (nSPS) is 11.3. The lowest BCUT2D eigenvalue weighted by molar-refractivity contribution is 0.570. The second kappa shape index (κ2) is 5.09. The van der Waals surface area contributed by atoms with Crippen molar-refractivity contribution in [2.24, 2.45) is 0 Å². The second-order valence-corrected chi connectivity index (χ2v) is 6.08. The lowest BCUT2D eigenvalue weighted by Gasteiger charge is -2.10. The number of aryl methyl sites for hydroxylation is 2. The molecule has 0 atom stereocenters. The number of pyridine rings is 1. The van der Waals surface area contributed by atoms with Crippen molar-refractivity contribution >= 4 is 21.4 Å². The van der Waals surface area contributed by atoms with Crippen LogP contribution in [-0.2, 0) is 10.0 Å². The SMILES string of the molecule is Cc1ccc(NS(=O)(=O)c2cc(N)c(C)cc2F)cn1. The molecule has 0 unspecified atom stereocenters. The molecule has 0 aliphatic carbocycles. The van der Waals surface area contributed by atoms with Gasteiger partial charge in [0.1, 0.15) is 10.7 Å². The molecular weight excluding hydrogens is 281 g/mol. The molecule has 1 heterocycles. The fourth-order valence-corrected chi connectivity index (χ4v) is 2.75. The minimum Gasteiger partial charge on any atom is -0.398 e. The number of hydrogen-bond donors (Lipinski definition) is 2. The summed E-state index contributed by atoms with van der Waals surface area (Å²) in [6.45, 7) is 3.38. The Hall–Kier alpha value is -2.15. The van der Waals surface area contributed by atoms with E-state index in [9.17, 15) is 12.8 Å². The maximum absolute atomic E-state index is 13.8. The molecule has 0 saturated heterocycles. The van der Waals surface area contributed by atoms with Crippen molar-refractivity contribution < 1.29 is 12.8 Å². The van der Waals surface area contributed by atoms with Gasteiger partial charge in [-0.3, -0.25) is 9.71 Å². The van der Waals surface area contributed by atoms with Crippen LogP contribution in [0.1, 0.15) is 11.3 Å². The van der Waals surface area contributed by atoms with Crippen LogP contribution in [0.3, 0.4) is 0 Å². The Balaban J connectivity index is 2.40. The number of nitrogens with zero attached hydrogens (tertiary/aromatic N) is 1. The first-order valence-electron chi connectivity index (χ1n) is 5.81. The third kappa shape index (κ3) is 2.88. The first-order chi connectivity index (χ1) is 9.29. The molecular formula is C13H14FN3O2S. The Morgan fingerprint density at radius 1 is 1.25 bits per heavy atom. The Kier molecular flexibility index (Phi) is 3.63. The monoisotopic (exact) mass is 295 g/mol. The molecule has 0 aliphatic heterocycles. The van der Waals surface area contributed by atoms with E-state index in [1.165, 1.54) is 6.20 Å². The van der Waals surface area contributed by atoms with Crippen molar-refractivity contribution in [3.63, 3.8) is 0 Å². The number of sulfonamides is 1. The highest BCUT2D eigenvalue weighted by atomic mass is 32.2. The molecule has 1 aromatic carbocycles. The van der Waals surface area contributed by atoms with Crippen LogP contribution in [-0.4, -0.2) is 13.4 Å². The van der Waals surface area contributed by atoms with Crippen molar-refractivity contribution in [2.45, 2.75) is 18.7 Å². The molecule has 2 rings (SSSR count). The van der Waals surface area contributed by atoms with Gasteiger partial charge in [-0.05, 0) is 43.7 Å². The Labute approximate surface area is 116 Å². The van der Waals surface area contributed by atoms with Crippen molar-refractivity contribution in [3.05, 3.63) is 47.5 Å². The molecule has 106 valence electrons. The summed E-state index contributed by atoms with van der Waals surface area (Å²) in [6, 6.07) is 5.40. The van der Waals surface area contributed by atoms with Crippen molar-refractivity contribution in [1.29, 1.82) is 0 Å². The fraction of sp³-hybridized carbons (Fsp3) is 0.154. The molecule has 0 bridgehead atoms. The summed E-state index contributed by atoms with van der Waals surface area (Å²) in [5, 5.41) is 0. The molecule has 0 amide bonds. The van der Waals surface area contributed by atoms with Gasteiger partial charge in [-0.25, -0.2) is 12.8 Å². The van der Waals surface area contributed by atoms with Crippen LogP contribution in [0, 0.1) is 19.7 Å². The molecule has 0 aliphatic rings. The van der Waals surface area contributed by atoms with Gasteiger partial charge in [0.25, 0.3) is 10.0 Å². The van der Waals surface area contributed by atoms with Crippen molar-refractivity contribution in [2.75, 3.05) is 10.5 Å². The van der Waals surface area contributed by atoms with Gasteiger partial charge >= 0.3 is 0 Å². The van der Waals surface area contributed by atoms with Gasteiger partial charge < -0.3 is 5.73 Å². The fourth-order valence-electron chi connectivity index (χ4n) is 1.61. The zero-order valence-corrected chi connectivity index (χ0v) is 11.8. The van der Waals surface area contributed by atoms with E-state index in [4.69, 9.17) is 5.73 Å². The van der Waals surface area contributed by atoms with Gasteiger partial charge in [0.05, 0.1) is 11.9 Å². The van der Waals surface area contributed by atoms with Gasteiger partial charge in [0, 0.05) is 11.4 Å². The Morgan fingerprint density at radius 2 is 1.95 bits per heavy atom. The summed E-state index contributed by atoms with van der Waals surface area (Å²) in [7, 11) is -4.04. The number of hydrogen-bond acceptors (Lipinski definition) is 4. The zero-order valence-electron chi connectivity index (χ0n) is 11.0. The van der Waals surface area contributed by atoms with E-state index in [2.05, 4.69) is 9.71 Å². The first-order valence-corrected chi connectivity index (χ1v) is 7.29. The summed E-state index contributed by atoms with van der Waals surface area (Å²) in [5.74, 6) is -0.843. The first kappa shape index (κ1) is 14.3. The number of halogens is 1. The highest BCUT2D eigenvalue weighted by molar-refractivity contribution is 7.92. The van der Waals surface area contributed by atoms with Crippen LogP contribution in [0.25, 0.3) is 0 Å². The van der Waals surface area contributed by atoms with E-state index in [-0.39, 0.29) is 11.4 Å². The number of rotatable bonds is 3. The average Bonchev–Trinajstić information content (AvgIpc) is 2.36. The Morgan fingerprint density at radius 3 is 2.55 bits per heavy atom. The van der Waals surface area contributed by atoms with Gasteiger partial charge in [-0.1, -0.05) is 0 Å². The quantitative estimate of drug-likeness (QED) is 0.850. The number of aromatic nitrogens is 1. The maximum atomic E-state index is 13.8. The molecule has 7 heteroatoms. The third-order valence-corrected chi connectivity index (χ3v) is 4.17. The molecule has 20 heavy (non-hydrogen) atoms. The lowest BCUT2D eigenvalue weighted by Crippen LogP contribution is -2.15. The molecule has 3 N–H and O–H groups in total. The molecule has 0 spiro atoms. The third-order valence-electron chi connectivity index (χ3n) is 2.77. The molecule has 0 saturated carbocycles. The minimum absolute atomic E-state index is 0.216. The van der Waals surface area contributed by atoms with Gasteiger partial charge in [-0.2, -0.15) is 0 Å². The summed E-state index contributed by atoms with van der Waals surface area (Å²) >= 11 is 0. The van der Waals surface area contributed by atoms with Crippen LogP contribution in [0.4, 0.5) is 15.8 Å². The molecule has 5 nitrogen and oxygen atoms in total. The number of benzene rings is 1. The molecule has 1 aromatic heterocycles. The van der Waals surface area contributed by atoms with Gasteiger partial charge in [0.2, 0.25) is 0 Å². The number of nitrogen functional groups attached to an aromatic ring is 1. The second-order valence-electron chi connectivity index (χ2n) is 4.43. The summed E-state index contributed by atoms with van der Waals surface area (Å²) in [6.07, 6.45) is 1.36. The van der Waals surface area contributed by atoms with Gasteiger partial charge in [-0.15, -0.1) is 0 Å². The predicted octanol–water partition coefficient (Wildman–Crippen LogP) is 2.22. The largest absolute Gasteiger partial charge is 0.398 e. The number of nitrogens with one attached hydrogen (secondary N) is 1. The molecule has 0 radical (unpaired) electrons. The lowest BCUT2D eigenvalue weighted by atomic mass is 10.2. The van der Waals surface area contributed by atoms with Crippen LogP contribution >= 0.6 is 0 Å². The van der Waals surface area contributed by atoms with Gasteiger partial charge in [0.15, 0.2) is 0 Å². The van der Waals surface area contributed by atoms with Crippen LogP contribution in [0.2, 0.25) is 0 Å². The number of nitrogens with two attached hydrogens (primary N) is 1. The highest BCUT2D eigenvalue weighted by Crippen LogP contribution is 2.23. The number of anilines is 2. The zero-order chi connectivity index (χ0) is 14.9. The van der Waals surface area contributed by atoms with Crippen LogP contribution in [0.5, 0.6) is 0 Å². The smallest absolute Gasteiger partial charge is 0.264 e. The van der Waals surface area contributed by atoms with E-state index in [1.807, 2.05) is 0 Å². The van der Waals surface area contributed by atoms with E-state index < -0.39 is 20.7 Å². The molecule has 0 fully saturated rings. The van der Waals surface area contributed by atoms with Crippen molar-refractivity contribution in [1.82, 2.24) is 4.98 Å². The van der Waals surface area contributed by atoms with E-state index in [0.29, 0.717) is 5.56 Å². The van der Waals surface area contributed by atoms with Crippen LogP contribution < -0.4 is 10.5 Å².